The second kappa shape index (κ2) is 32.5. The van der Waals surface area contributed by atoms with E-state index in [9.17, 15) is 39.1 Å². The lowest BCUT2D eigenvalue weighted by Gasteiger charge is -2.27. The molecule has 8 rings (SSSR count). The fraction of sp³-hybridized carbons (Fsp3) is 0.458. The van der Waals surface area contributed by atoms with Gasteiger partial charge in [0.1, 0.15) is 59.2 Å². The number of nitrogen functional groups attached to an aromatic ring is 1. The van der Waals surface area contributed by atoms with Gasteiger partial charge < -0.3 is 68.9 Å². The molecular weight excluding hydrogens is 1230 g/mol. The fourth-order valence-corrected chi connectivity index (χ4v) is 12.1. The molecule has 0 radical (unpaired) electrons. The summed E-state index contributed by atoms with van der Waals surface area (Å²) in [6, 6.07) is 14.3. The van der Waals surface area contributed by atoms with Crippen molar-refractivity contribution in [2.24, 2.45) is 0 Å². The van der Waals surface area contributed by atoms with E-state index in [1.807, 2.05) is 0 Å². The number of carbonyl (C=O) groups excluding carboxylic acids is 2. The van der Waals surface area contributed by atoms with E-state index in [4.69, 9.17) is 52.2 Å². The van der Waals surface area contributed by atoms with Crippen LogP contribution in [-0.4, -0.2) is 166 Å². The van der Waals surface area contributed by atoms with Gasteiger partial charge in [-0.15, -0.1) is 26.3 Å². The number of fused-ring (bicyclic) bond motifs is 2. The summed E-state index contributed by atoms with van der Waals surface area (Å²) in [5.41, 5.74) is 3.17. The minimum absolute atomic E-state index is 0.102. The molecule has 30 nitrogen and oxygen atoms in total. The molecule has 2 aliphatic rings. The highest BCUT2D eigenvalue weighted by Crippen LogP contribution is 2.49. The van der Waals surface area contributed by atoms with Crippen molar-refractivity contribution in [2.75, 3.05) is 57.7 Å². The van der Waals surface area contributed by atoms with Gasteiger partial charge in [0.25, 0.3) is 0 Å². The number of nitrogens with zero attached hydrogens (tertiary/aromatic N) is 8. The zero-order valence-electron chi connectivity index (χ0n) is 51.2. The van der Waals surface area contributed by atoms with E-state index in [-0.39, 0.29) is 71.8 Å². The Bertz CT molecular complexity index is 3510. The van der Waals surface area contributed by atoms with Gasteiger partial charge in [0.15, 0.2) is 34.8 Å². The van der Waals surface area contributed by atoms with E-state index in [2.05, 4.69) is 71.7 Å². The number of esters is 2. The van der Waals surface area contributed by atoms with Crippen molar-refractivity contribution in [3.05, 3.63) is 124 Å². The number of para-hydroxylation sites is 2. The first-order valence-electron chi connectivity index (χ1n) is 29.1. The van der Waals surface area contributed by atoms with Crippen LogP contribution in [0.15, 0.2) is 124 Å². The number of allylic oxidation sites excluding steroid dienone is 2. The molecule has 2 saturated heterocycles. The molecule has 2 aliphatic heterocycles. The van der Waals surface area contributed by atoms with E-state index in [1.54, 1.807) is 92.0 Å². The van der Waals surface area contributed by atoms with Crippen molar-refractivity contribution in [3.63, 3.8) is 0 Å². The van der Waals surface area contributed by atoms with Crippen LogP contribution in [0.25, 0.3) is 22.3 Å². The van der Waals surface area contributed by atoms with Crippen molar-refractivity contribution in [1.29, 1.82) is 0 Å². The van der Waals surface area contributed by atoms with Crippen LogP contribution in [0.4, 0.5) is 11.9 Å². The van der Waals surface area contributed by atoms with Crippen LogP contribution < -0.4 is 39.7 Å². The smallest absolute Gasteiger partial charge is 0.459 e. The number of anilines is 2. The van der Waals surface area contributed by atoms with Gasteiger partial charge in [0.05, 0.1) is 52.3 Å². The molecule has 32 heteroatoms. The summed E-state index contributed by atoms with van der Waals surface area (Å²) in [6.45, 7) is 20.2. The summed E-state index contributed by atoms with van der Waals surface area (Å²) in [7, 11) is -6.92. The molecule has 91 heavy (non-hydrogen) atoms. The summed E-state index contributed by atoms with van der Waals surface area (Å²) in [5, 5.41) is 53.1. The van der Waals surface area contributed by atoms with Crippen LogP contribution in [0.3, 0.4) is 0 Å². The minimum atomic E-state index is -4.28. The Morgan fingerprint density at radius 2 is 1.05 bits per heavy atom. The second-order valence-corrected chi connectivity index (χ2v) is 24.6. The number of aliphatic hydroxyl groups is 4. The van der Waals surface area contributed by atoms with Gasteiger partial charge in [0.2, 0.25) is 23.7 Å². The number of aromatic nitrogens is 8. The van der Waals surface area contributed by atoms with Gasteiger partial charge in [0, 0.05) is 7.05 Å². The zero-order valence-corrected chi connectivity index (χ0v) is 53.0. The Morgan fingerprint density at radius 3 is 1.46 bits per heavy atom. The van der Waals surface area contributed by atoms with E-state index in [0.29, 0.717) is 50.6 Å². The highest BCUT2D eigenvalue weighted by molar-refractivity contribution is 7.52. The minimum Gasteiger partial charge on any atom is -0.476 e. The van der Waals surface area contributed by atoms with Crippen molar-refractivity contribution in [3.8, 4) is 23.3 Å². The van der Waals surface area contributed by atoms with Crippen molar-refractivity contribution >= 4 is 61.7 Å². The third-order valence-electron chi connectivity index (χ3n) is 13.9. The molecular formula is C59H80N12O18P2. The lowest BCUT2D eigenvalue weighted by molar-refractivity contribution is -0.146. The van der Waals surface area contributed by atoms with Crippen LogP contribution in [0.2, 0.25) is 0 Å². The maximum absolute atomic E-state index is 14.0. The zero-order chi connectivity index (χ0) is 65.9. The van der Waals surface area contributed by atoms with E-state index in [0.717, 1.165) is 0 Å². The largest absolute Gasteiger partial charge is 0.476 e. The Balaban J connectivity index is 0.000000259. The highest BCUT2D eigenvalue weighted by atomic mass is 31.2. The number of hydrogen-bond acceptors (Lipinski definition) is 26. The number of ether oxygens (including phenoxy) is 6. The van der Waals surface area contributed by atoms with Crippen LogP contribution in [0.1, 0.15) is 78.7 Å². The molecule has 494 valence electrons. The molecule has 0 aliphatic carbocycles. The third-order valence-corrected chi connectivity index (χ3v) is 17.2. The summed E-state index contributed by atoms with van der Waals surface area (Å²) in [6.07, 6.45) is 5.35. The maximum atomic E-state index is 14.0. The number of hydrogen-bond donors (Lipinski definition) is 8. The number of imidazole rings is 2. The molecule has 6 aromatic rings. The predicted molar refractivity (Wildman–Crippen MR) is 334 cm³/mol. The molecule has 6 unspecified atom stereocenters. The Labute approximate surface area is 526 Å². The quantitative estimate of drug-likeness (QED) is 0.00900. The second-order valence-electron chi connectivity index (χ2n) is 21.2. The molecule has 2 fully saturated rings. The Kier molecular flexibility index (Phi) is 25.3. The summed E-state index contributed by atoms with van der Waals surface area (Å²) in [4.78, 5) is 51.0. The molecule has 0 amide bonds. The van der Waals surface area contributed by atoms with Gasteiger partial charge >= 0.3 is 27.4 Å². The first kappa shape index (κ1) is 70.8. The van der Waals surface area contributed by atoms with Gasteiger partial charge in [-0.25, -0.2) is 19.1 Å². The Morgan fingerprint density at radius 1 is 0.648 bits per heavy atom. The molecule has 0 spiro atoms. The van der Waals surface area contributed by atoms with Crippen LogP contribution in [-0.2, 0) is 46.7 Å². The average molecular weight is 1310 g/mol. The first-order chi connectivity index (χ1) is 43.5. The average Bonchev–Trinajstić information content (AvgIpc) is 1.62. The monoisotopic (exact) mass is 1310 g/mol. The van der Waals surface area contributed by atoms with Gasteiger partial charge in [-0.3, -0.25) is 27.8 Å². The fourth-order valence-electron chi connectivity index (χ4n) is 9.08. The van der Waals surface area contributed by atoms with E-state index in [1.165, 1.54) is 49.5 Å². The van der Waals surface area contributed by atoms with E-state index < -0.39 is 101 Å². The number of nitrogens with one attached hydrogen (secondary N) is 3. The van der Waals surface area contributed by atoms with Crippen LogP contribution in [0, 0.1) is 0 Å². The van der Waals surface area contributed by atoms with Gasteiger partial charge in [-0.1, -0.05) is 60.7 Å². The number of rotatable bonds is 35. The SMILES string of the molecule is C=CCCCOC(=O)[C@H](C)NP(=O)(OCC1OC(n2cnc3c(OCCC=C)nc(N)nc32)[C@](C)(O)[C@@H]1O)Oc1ccccc1.C=CCCCOC(=O)[C@H](C)NP(=O)(OCC1OC(n2cnc3c(OCCC=C)nc(NC)nc32)[C@](C)(O)[C@@H]1O)Oc1ccccc1. The lowest BCUT2D eigenvalue weighted by Crippen LogP contribution is -2.44. The van der Waals surface area contributed by atoms with E-state index >= 15 is 0 Å². The summed E-state index contributed by atoms with van der Waals surface area (Å²) < 4.78 is 87.6. The first-order valence-corrected chi connectivity index (χ1v) is 32.2. The number of benzene rings is 2. The standard InChI is InChI=1S/C30H41N6O9P.C29H39N6O9P/c1-6-8-13-17-42-27(38)20(3)35-46(40,45-21-14-11-10-12-15-21)43-18-22-24(37)30(4,39)28(44-22)36-19-32-23-25(36)33-29(31-5)34-26(23)41-16-9-7-2;1-5-7-12-16-41-26(37)19(3)34-45(39,44-20-13-10-9-11-14-20)42-17-21-23(36)29(4,38)27(43-21)35-18-31-22-24(35)32-28(30)33-25(22)40-15-8-6-2/h6-7,10-12,14-15,19-20,22,24,28,37,39H,1-2,8-9,13,16-18H2,3-5H3,(H,35,40)(H,31,33,34);5-6,9-11,13-14,18-19,21,23,27,36,38H,1-2,7-8,12,15-17H2,3-4H3,(H,34,39)(H2,30,32,33)/t20-,22?,24+,28?,30+,46?;19-,21?,23+,27?,29+,45?/m00/s1. The molecule has 9 N–H and O–H groups in total. The van der Waals surface area contributed by atoms with Gasteiger partial charge in [-0.05, 0) is 90.5 Å². The molecule has 12 atom stereocenters. The topological polar surface area (TPSA) is 391 Å². The normalized spacial score (nSPS) is 23.1. The molecule has 4 aromatic heterocycles. The molecule has 0 saturated carbocycles. The van der Waals surface area contributed by atoms with Crippen LogP contribution >= 0.6 is 15.5 Å². The predicted octanol–water partition coefficient (Wildman–Crippen LogP) is 6.59. The molecule has 0 bridgehead atoms. The van der Waals surface area contributed by atoms with Crippen LogP contribution in [0.5, 0.6) is 23.3 Å². The van der Waals surface area contributed by atoms with Crippen molar-refractivity contribution < 1.29 is 85.7 Å². The number of nitrogens with two attached hydrogens (primary N) is 1. The Hall–Kier alpha value is -7.70. The van der Waals surface area contributed by atoms with Gasteiger partial charge in [-0.2, -0.15) is 30.1 Å². The molecule has 6 heterocycles. The third kappa shape index (κ3) is 18.3. The lowest BCUT2D eigenvalue weighted by atomic mass is 9.96. The van der Waals surface area contributed by atoms with Crippen molar-refractivity contribution in [2.45, 2.75) is 126 Å². The number of carbonyl (C=O) groups is 2. The number of aliphatic hydroxyl groups excluding tert-OH is 2. The maximum Gasteiger partial charge on any atom is 0.459 e. The molecule has 2 aromatic carbocycles. The van der Waals surface area contributed by atoms with Crippen molar-refractivity contribution in [1.82, 2.24) is 49.2 Å². The summed E-state index contributed by atoms with van der Waals surface area (Å²) in [5.74, 6) is -0.437. The number of unbranched alkanes of at least 4 members (excludes halogenated alkanes) is 2. The summed E-state index contributed by atoms with van der Waals surface area (Å²) >= 11 is 0. The highest BCUT2D eigenvalue weighted by Gasteiger charge is 2.56.